The third kappa shape index (κ3) is 6.71. The van der Waals surface area contributed by atoms with Crippen molar-refractivity contribution in [2.75, 3.05) is 19.7 Å². The summed E-state index contributed by atoms with van der Waals surface area (Å²) in [6.45, 7) is 4.27. The Labute approximate surface area is 248 Å². The van der Waals surface area contributed by atoms with Crippen molar-refractivity contribution in [2.45, 2.75) is 51.0 Å². The topological polar surface area (TPSA) is 116 Å². The first kappa shape index (κ1) is 29.8. The highest BCUT2D eigenvalue weighted by Crippen LogP contribution is 2.49. The third-order valence-corrected chi connectivity index (χ3v) is 8.63. The average Bonchev–Trinajstić information content (AvgIpc) is 3.74. The van der Waals surface area contributed by atoms with Crippen LogP contribution in [0.1, 0.15) is 42.1 Å². The van der Waals surface area contributed by atoms with Crippen molar-refractivity contribution in [1.29, 1.82) is 0 Å². The molecule has 1 aliphatic carbocycles. The number of nitrogens with zero attached hydrogens (tertiary/aromatic N) is 2. The van der Waals surface area contributed by atoms with E-state index in [0.717, 1.165) is 46.2 Å². The van der Waals surface area contributed by atoms with Gasteiger partial charge in [0, 0.05) is 41.9 Å². The lowest BCUT2D eigenvalue weighted by Crippen LogP contribution is -2.36. The third-order valence-electron chi connectivity index (χ3n) is 7.88. The molecule has 220 valence electrons. The highest BCUT2D eigenvalue weighted by molar-refractivity contribution is 7.76. The van der Waals surface area contributed by atoms with E-state index in [1.165, 1.54) is 4.31 Å². The number of aromatic nitrogens is 1. The van der Waals surface area contributed by atoms with Gasteiger partial charge < -0.3 is 18.9 Å². The van der Waals surface area contributed by atoms with E-state index in [0.29, 0.717) is 24.5 Å². The fraction of sp³-hybridized carbons (Fsp3) is 0.333. The largest absolute Gasteiger partial charge is 0.760 e. The number of aryl methyl sites for hydroxylation is 1. The second-order valence-electron chi connectivity index (χ2n) is 10.7. The van der Waals surface area contributed by atoms with Crippen LogP contribution in [0.25, 0.3) is 22.5 Å². The van der Waals surface area contributed by atoms with Crippen molar-refractivity contribution in [1.82, 2.24) is 9.46 Å². The molecule has 0 aliphatic heterocycles. The summed E-state index contributed by atoms with van der Waals surface area (Å²) in [5, 5.41) is 15.0. The van der Waals surface area contributed by atoms with Crippen molar-refractivity contribution in [3.63, 3.8) is 0 Å². The van der Waals surface area contributed by atoms with Crippen molar-refractivity contribution in [3.8, 4) is 22.5 Å². The normalized spacial score (nSPS) is 15.4. The van der Waals surface area contributed by atoms with Crippen molar-refractivity contribution < 1.29 is 27.9 Å². The number of ether oxygens (including phenoxy) is 1. The molecule has 0 saturated heterocycles. The molecule has 42 heavy (non-hydrogen) atoms. The second kappa shape index (κ2) is 13.1. The van der Waals surface area contributed by atoms with E-state index >= 15 is 0 Å². The van der Waals surface area contributed by atoms with Gasteiger partial charge in [-0.05, 0) is 55.4 Å². The van der Waals surface area contributed by atoms with Crippen LogP contribution in [0.4, 0.5) is 0 Å². The standard InChI is InChI=1S/C33H36N2O6S/c1-3-40-32(37)33(18-19-33)28-15-13-26(14-16-28)25-9-11-27(12-10-25)31-30(23(2)34-41-31)21-29(36)22-35(42(38)39)20-17-24-7-5-4-6-8-24/h4-16,29,36H,3,17-22H2,1-2H3,(H,38,39)/p-1. The molecule has 1 aromatic heterocycles. The van der Waals surface area contributed by atoms with Gasteiger partial charge in [-0.2, -0.15) is 0 Å². The molecule has 4 aromatic rings. The van der Waals surface area contributed by atoms with E-state index in [2.05, 4.69) is 5.16 Å². The van der Waals surface area contributed by atoms with Crippen LogP contribution in [0.5, 0.6) is 0 Å². The summed E-state index contributed by atoms with van der Waals surface area (Å²) in [5.41, 5.74) is 5.76. The Morgan fingerprint density at radius 3 is 2.26 bits per heavy atom. The molecular formula is C33H35N2O6S-. The predicted octanol–water partition coefficient (Wildman–Crippen LogP) is 5.15. The van der Waals surface area contributed by atoms with E-state index in [-0.39, 0.29) is 25.5 Å². The number of aliphatic hydroxyl groups excluding tert-OH is 1. The van der Waals surface area contributed by atoms with Gasteiger partial charge in [-0.3, -0.25) is 9.00 Å². The maximum absolute atomic E-state index is 12.4. The summed E-state index contributed by atoms with van der Waals surface area (Å²) >= 11 is -2.46. The zero-order chi connectivity index (χ0) is 29.7. The minimum atomic E-state index is -2.46. The minimum Gasteiger partial charge on any atom is -0.760 e. The molecule has 0 radical (unpaired) electrons. The maximum atomic E-state index is 12.4. The number of benzene rings is 3. The van der Waals surface area contributed by atoms with Gasteiger partial charge in [0.05, 0.1) is 23.8 Å². The van der Waals surface area contributed by atoms with Crippen LogP contribution in [0.3, 0.4) is 0 Å². The number of hydrogen-bond acceptors (Lipinski definition) is 7. The molecule has 1 N–H and O–H groups in total. The van der Waals surface area contributed by atoms with Gasteiger partial charge in [-0.15, -0.1) is 0 Å². The molecule has 0 bridgehead atoms. The first-order chi connectivity index (χ1) is 20.3. The van der Waals surface area contributed by atoms with Crippen molar-refractivity contribution >= 4 is 17.2 Å². The first-order valence-corrected chi connectivity index (χ1v) is 15.2. The monoisotopic (exact) mass is 587 g/mol. The number of esters is 1. The molecule has 8 nitrogen and oxygen atoms in total. The summed E-state index contributed by atoms with van der Waals surface area (Å²) in [6.07, 6.45) is 1.45. The summed E-state index contributed by atoms with van der Waals surface area (Å²) in [6, 6.07) is 25.6. The van der Waals surface area contributed by atoms with Gasteiger partial charge in [-0.1, -0.05) is 84.0 Å². The van der Waals surface area contributed by atoms with Gasteiger partial charge in [0.25, 0.3) is 0 Å². The van der Waals surface area contributed by atoms with E-state index in [1.54, 1.807) is 0 Å². The van der Waals surface area contributed by atoms with Crippen LogP contribution < -0.4 is 0 Å². The van der Waals surface area contributed by atoms with Gasteiger partial charge in [0.15, 0.2) is 5.76 Å². The molecule has 2 atom stereocenters. The number of rotatable bonds is 13. The number of hydrogen-bond donors (Lipinski definition) is 1. The lowest BCUT2D eigenvalue weighted by Gasteiger charge is -2.26. The molecule has 2 unspecified atom stereocenters. The molecule has 1 fully saturated rings. The molecule has 0 amide bonds. The lowest BCUT2D eigenvalue weighted by molar-refractivity contribution is -0.146. The van der Waals surface area contributed by atoms with Crippen LogP contribution in [-0.4, -0.2) is 55.1 Å². The Hall–Kier alpha value is -3.63. The van der Waals surface area contributed by atoms with Crippen molar-refractivity contribution in [3.05, 3.63) is 101 Å². The van der Waals surface area contributed by atoms with Crippen LogP contribution in [0, 0.1) is 6.92 Å². The number of carbonyl (C=O) groups is 1. The lowest BCUT2D eigenvalue weighted by atomic mass is 9.93. The first-order valence-electron chi connectivity index (χ1n) is 14.2. The predicted molar refractivity (Wildman–Crippen MR) is 160 cm³/mol. The highest BCUT2D eigenvalue weighted by atomic mass is 32.2. The van der Waals surface area contributed by atoms with Gasteiger partial charge in [-0.25, -0.2) is 4.31 Å². The van der Waals surface area contributed by atoms with Crippen LogP contribution in [-0.2, 0) is 39.1 Å². The van der Waals surface area contributed by atoms with E-state index in [9.17, 15) is 18.7 Å². The summed E-state index contributed by atoms with van der Waals surface area (Å²) in [4.78, 5) is 12.4. The van der Waals surface area contributed by atoms with Crippen LogP contribution >= 0.6 is 0 Å². The number of aliphatic hydroxyl groups is 1. The zero-order valence-corrected chi connectivity index (χ0v) is 24.6. The summed E-state index contributed by atoms with van der Waals surface area (Å²) < 4.78 is 35.9. The molecule has 3 aromatic carbocycles. The van der Waals surface area contributed by atoms with Gasteiger partial charge in [0.2, 0.25) is 0 Å². The fourth-order valence-corrected chi connectivity index (χ4v) is 5.85. The molecule has 0 spiro atoms. The van der Waals surface area contributed by atoms with E-state index in [4.69, 9.17) is 9.26 Å². The second-order valence-corrected chi connectivity index (χ2v) is 11.7. The quantitative estimate of drug-likeness (QED) is 0.170. The van der Waals surface area contributed by atoms with Crippen LogP contribution in [0.15, 0.2) is 83.4 Å². The highest BCUT2D eigenvalue weighted by Gasteiger charge is 2.52. The molecule has 1 aliphatic rings. The Morgan fingerprint density at radius 1 is 1.05 bits per heavy atom. The Balaban J connectivity index is 1.25. The molecule has 9 heteroatoms. The van der Waals surface area contributed by atoms with Gasteiger partial charge in [0.1, 0.15) is 0 Å². The Bertz CT molecular complexity index is 1510. The average molecular weight is 588 g/mol. The zero-order valence-electron chi connectivity index (χ0n) is 23.8. The Morgan fingerprint density at radius 2 is 1.67 bits per heavy atom. The van der Waals surface area contributed by atoms with Gasteiger partial charge >= 0.3 is 5.97 Å². The SMILES string of the molecule is CCOC(=O)C1(c2ccc(-c3ccc(-c4onc(C)c4CC(O)CN(CCc4ccccc4)S(=O)[O-])cc3)cc2)CC1. The maximum Gasteiger partial charge on any atom is 0.316 e. The molecule has 1 heterocycles. The minimum absolute atomic E-state index is 0.0284. The Kier molecular flexibility index (Phi) is 9.33. The molecule has 5 rings (SSSR count). The van der Waals surface area contributed by atoms with E-state index < -0.39 is 22.8 Å². The van der Waals surface area contributed by atoms with E-state index in [1.807, 2.05) is 92.7 Å². The molecule has 1 saturated carbocycles. The fourth-order valence-electron chi connectivity index (χ4n) is 5.32. The smallest absolute Gasteiger partial charge is 0.316 e. The summed E-state index contributed by atoms with van der Waals surface area (Å²) in [5.74, 6) is 0.407. The molecular weight excluding hydrogens is 552 g/mol. The summed E-state index contributed by atoms with van der Waals surface area (Å²) in [7, 11) is 0. The number of carbonyl (C=O) groups excluding carboxylic acids is 1. The van der Waals surface area contributed by atoms with Crippen molar-refractivity contribution in [2.24, 2.45) is 0 Å². The van der Waals surface area contributed by atoms with Crippen LogP contribution in [0.2, 0.25) is 0 Å².